The van der Waals surface area contributed by atoms with Crippen molar-refractivity contribution in [3.63, 3.8) is 0 Å². The molecule has 0 aliphatic carbocycles. The van der Waals surface area contributed by atoms with E-state index in [0.717, 1.165) is 0 Å². The zero-order chi connectivity index (χ0) is 11.9. The van der Waals surface area contributed by atoms with Gasteiger partial charge >= 0.3 is 0 Å². The quantitative estimate of drug-likeness (QED) is 0.561. The van der Waals surface area contributed by atoms with Crippen LogP contribution in [0.15, 0.2) is 0 Å². The van der Waals surface area contributed by atoms with Crippen molar-refractivity contribution in [2.45, 2.75) is 91.1 Å². The van der Waals surface area contributed by atoms with Crippen molar-refractivity contribution < 1.29 is 0 Å². The molecule has 15 heavy (non-hydrogen) atoms. The van der Waals surface area contributed by atoms with E-state index >= 15 is 0 Å². The van der Waals surface area contributed by atoms with Crippen molar-refractivity contribution in [1.29, 1.82) is 0 Å². The molecule has 0 heterocycles. The predicted octanol–water partition coefficient (Wildman–Crippen LogP) is 4.53. The van der Waals surface area contributed by atoms with E-state index in [1.54, 1.807) is 0 Å². The Labute approximate surface area is 97.0 Å². The van der Waals surface area contributed by atoms with E-state index in [-0.39, 0.29) is 11.1 Å². The van der Waals surface area contributed by atoms with Crippen LogP contribution in [0.3, 0.4) is 0 Å². The molecule has 1 nitrogen and oxygen atoms in total. The standard InChI is InChI=1S/C14H30N/c1-7-11-13(5,9-3)15-14(6,10-4)12-8-2/h7-12H2,1-6H3. The molecule has 1 radical (unpaired) electrons. The maximum atomic E-state index is 5.16. The van der Waals surface area contributed by atoms with Gasteiger partial charge in [-0.05, 0) is 39.5 Å². The number of hydrogen-bond acceptors (Lipinski definition) is 0. The first kappa shape index (κ1) is 15.0. The first-order valence-electron chi connectivity index (χ1n) is 6.69. The van der Waals surface area contributed by atoms with Gasteiger partial charge in [0.15, 0.2) is 0 Å². The van der Waals surface area contributed by atoms with E-state index in [1.165, 1.54) is 38.5 Å². The van der Waals surface area contributed by atoms with Crippen molar-refractivity contribution in [1.82, 2.24) is 5.32 Å². The first-order valence-corrected chi connectivity index (χ1v) is 6.69. The molecule has 2 atom stereocenters. The van der Waals surface area contributed by atoms with Gasteiger partial charge in [0.2, 0.25) is 0 Å². The first-order chi connectivity index (χ1) is 6.95. The smallest absolute Gasteiger partial charge is 0.0332 e. The summed E-state index contributed by atoms with van der Waals surface area (Å²) >= 11 is 0. The van der Waals surface area contributed by atoms with Crippen LogP contribution in [0, 0.1) is 0 Å². The highest BCUT2D eigenvalue weighted by Crippen LogP contribution is 2.27. The summed E-state index contributed by atoms with van der Waals surface area (Å²) in [5, 5.41) is 5.16. The van der Waals surface area contributed by atoms with Gasteiger partial charge in [-0.1, -0.05) is 40.5 Å². The van der Waals surface area contributed by atoms with E-state index in [4.69, 9.17) is 5.32 Å². The third kappa shape index (κ3) is 5.01. The summed E-state index contributed by atoms with van der Waals surface area (Å²) in [6, 6.07) is 0. The van der Waals surface area contributed by atoms with Gasteiger partial charge in [0.1, 0.15) is 0 Å². The number of nitrogens with zero attached hydrogens (tertiary/aromatic N) is 1. The second kappa shape index (κ2) is 6.52. The van der Waals surface area contributed by atoms with E-state index < -0.39 is 0 Å². The van der Waals surface area contributed by atoms with Crippen LogP contribution < -0.4 is 5.32 Å². The summed E-state index contributed by atoms with van der Waals surface area (Å²) in [6.45, 7) is 13.7. The van der Waals surface area contributed by atoms with Gasteiger partial charge in [0, 0.05) is 11.1 Å². The van der Waals surface area contributed by atoms with Crippen LogP contribution >= 0.6 is 0 Å². The molecule has 0 N–H and O–H groups in total. The minimum absolute atomic E-state index is 0.203. The molecule has 0 saturated carbocycles. The van der Waals surface area contributed by atoms with E-state index in [2.05, 4.69) is 41.5 Å². The summed E-state index contributed by atoms with van der Waals surface area (Å²) in [7, 11) is 0. The molecule has 0 aliphatic heterocycles. The zero-order valence-corrected chi connectivity index (χ0v) is 11.7. The van der Waals surface area contributed by atoms with Crippen LogP contribution in [0.1, 0.15) is 80.1 Å². The molecule has 91 valence electrons. The Kier molecular flexibility index (Phi) is 6.51. The lowest BCUT2D eigenvalue weighted by molar-refractivity contribution is 0.186. The fourth-order valence-corrected chi connectivity index (χ4v) is 2.35. The highest BCUT2D eigenvalue weighted by atomic mass is 15.0. The fraction of sp³-hybridized carbons (Fsp3) is 1.00. The van der Waals surface area contributed by atoms with Crippen LogP contribution in [-0.4, -0.2) is 11.1 Å². The summed E-state index contributed by atoms with van der Waals surface area (Å²) in [6.07, 6.45) is 7.26. The molecule has 0 aromatic carbocycles. The van der Waals surface area contributed by atoms with Gasteiger partial charge in [-0.25, -0.2) is 5.32 Å². The molecule has 0 bridgehead atoms. The predicted molar refractivity (Wildman–Crippen MR) is 69.3 cm³/mol. The molecule has 0 aromatic rings. The summed E-state index contributed by atoms with van der Waals surface area (Å²) in [4.78, 5) is 0. The van der Waals surface area contributed by atoms with Gasteiger partial charge in [0.25, 0.3) is 0 Å². The molecule has 0 spiro atoms. The molecule has 2 unspecified atom stereocenters. The Morgan fingerprint density at radius 3 is 1.27 bits per heavy atom. The van der Waals surface area contributed by atoms with Gasteiger partial charge in [-0.3, -0.25) is 0 Å². The summed E-state index contributed by atoms with van der Waals surface area (Å²) < 4.78 is 0. The minimum Gasteiger partial charge on any atom is -0.229 e. The molecular weight excluding hydrogens is 182 g/mol. The van der Waals surface area contributed by atoms with E-state index in [1.807, 2.05) is 0 Å². The monoisotopic (exact) mass is 212 g/mol. The minimum atomic E-state index is 0.203. The van der Waals surface area contributed by atoms with Crippen molar-refractivity contribution in [2.75, 3.05) is 0 Å². The van der Waals surface area contributed by atoms with Crippen molar-refractivity contribution in [3.8, 4) is 0 Å². The van der Waals surface area contributed by atoms with Crippen molar-refractivity contribution in [2.24, 2.45) is 0 Å². The largest absolute Gasteiger partial charge is 0.229 e. The Hall–Kier alpha value is -0.0400. The SMILES string of the molecule is CCCC(C)(CC)[N]C(C)(CC)CCC. The lowest BCUT2D eigenvalue weighted by Gasteiger charge is -2.39. The maximum absolute atomic E-state index is 5.16. The van der Waals surface area contributed by atoms with Crippen LogP contribution in [0.2, 0.25) is 0 Å². The van der Waals surface area contributed by atoms with Crippen molar-refractivity contribution in [3.05, 3.63) is 0 Å². The Bertz CT molecular complexity index is 149. The van der Waals surface area contributed by atoms with E-state index in [9.17, 15) is 0 Å². The second-order valence-electron chi connectivity index (χ2n) is 5.31. The molecule has 0 aliphatic rings. The summed E-state index contributed by atoms with van der Waals surface area (Å²) in [5.41, 5.74) is 0.406. The van der Waals surface area contributed by atoms with E-state index in [0.29, 0.717) is 0 Å². The van der Waals surface area contributed by atoms with Crippen LogP contribution in [0.5, 0.6) is 0 Å². The highest BCUT2D eigenvalue weighted by Gasteiger charge is 2.32. The third-order valence-corrected chi connectivity index (χ3v) is 3.64. The molecule has 1 heteroatoms. The molecule has 0 fully saturated rings. The Morgan fingerprint density at radius 2 is 1.07 bits per heavy atom. The second-order valence-corrected chi connectivity index (χ2v) is 5.31. The fourth-order valence-electron chi connectivity index (χ4n) is 2.35. The van der Waals surface area contributed by atoms with Gasteiger partial charge in [0.05, 0.1) is 0 Å². The topological polar surface area (TPSA) is 14.1 Å². The molecule has 0 rings (SSSR count). The molecular formula is C14H30N. The Morgan fingerprint density at radius 1 is 0.733 bits per heavy atom. The van der Waals surface area contributed by atoms with Crippen LogP contribution in [-0.2, 0) is 0 Å². The average Bonchev–Trinajstić information content (AvgIpc) is 2.18. The van der Waals surface area contributed by atoms with Gasteiger partial charge in [-0.2, -0.15) is 0 Å². The zero-order valence-electron chi connectivity index (χ0n) is 11.7. The summed E-state index contributed by atoms with van der Waals surface area (Å²) in [5.74, 6) is 0. The van der Waals surface area contributed by atoms with Gasteiger partial charge < -0.3 is 0 Å². The number of rotatable bonds is 8. The Balaban J connectivity index is 4.47. The molecule has 0 aromatic heterocycles. The normalized spacial score (nSPS) is 19.6. The maximum Gasteiger partial charge on any atom is 0.0332 e. The highest BCUT2D eigenvalue weighted by molar-refractivity contribution is 4.91. The van der Waals surface area contributed by atoms with Crippen molar-refractivity contribution >= 4 is 0 Å². The lowest BCUT2D eigenvalue weighted by Crippen LogP contribution is -2.48. The number of hydrogen-bond donors (Lipinski definition) is 0. The molecule has 0 amide bonds. The average molecular weight is 212 g/mol. The molecule has 0 saturated heterocycles. The van der Waals surface area contributed by atoms with Crippen LogP contribution in [0.4, 0.5) is 0 Å². The van der Waals surface area contributed by atoms with Crippen LogP contribution in [0.25, 0.3) is 0 Å². The third-order valence-electron chi connectivity index (χ3n) is 3.64. The lowest BCUT2D eigenvalue weighted by atomic mass is 9.85. The van der Waals surface area contributed by atoms with Gasteiger partial charge in [-0.15, -0.1) is 0 Å².